The van der Waals surface area contributed by atoms with Crippen LogP contribution in [0.25, 0.3) is 0 Å². The van der Waals surface area contributed by atoms with E-state index in [1.54, 1.807) is 0 Å². The van der Waals surface area contributed by atoms with E-state index in [2.05, 4.69) is 34.1 Å². The van der Waals surface area contributed by atoms with Crippen LogP contribution in [0, 0.1) is 6.92 Å². The van der Waals surface area contributed by atoms with Gasteiger partial charge in [0.2, 0.25) is 0 Å². The van der Waals surface area contributed by atoms with Crippen molar-refractivity contribution in [2.75, 3.05) is 11.4 Å². The quantitative estimate of drug-likeness (QED) is 0.732. The second-order valence-electron chi connectivity index (χ2n) is 5.53. The van der Waals surface area contributed by atoms with Gasteiger partial charge in [0, 0.05) is 16.7 Å². The number of hydrogen-bond donors (Lipinski definition) is 0. The molecular formula is C18H18BrNO. The highest BCUT2D eigenvalue weighted by Gasteiger charge is 2.23. The molecule has 0 N–H and O–H groups in total. The van der Waals surface area contributed by atoms with Crippen LogP contribution in [0.5, 0.6) is 0 Å². The van der Waals surface area contributed by atoms with Crippen LogP contribution in [0.2, 0.25) is 0 Å². The van der Waals surface area contributed by atoms with Crippen LogP contribution in [-0.2, 0) is 6.42 Å². The summed E-state index contributed by atoms with van der Waals surface area (Å²) >= 11 is 3.51. The van der Waals surface area contributed by atoms with Gasteiger partial charge in [-0.05, 0) is 65.9 Å². The summed E-state index contributed by atoms with van der Waals surface area (Å²) in [4.78, 5) is 14.9. The van der Waals surface area contributed by atoms with E-state index in [1.165, 1.54) is 5.56 Å². The molecule has 21 heavy (non-hydrogen) atoms. The van der Waals surface area contributed by atoms with Crippen molar-refractivity contribution in [3.05, 3.63) is 63.6 Å². The van der Waals surface area contributed by atoms with E-state index >= 15 is 0 Å². The van der Waals surface area contributed by atoms with Gasteiger partial charge in [0.05, 0.1) is 5.56 Å². The third-order valence-corrected chi connectivity index (χ3v) is 4.65. The third kappa shape index (κ3) is 2.88. The molecule has 0 saturated heterocycles. The maximum Gasteiger partial charge on any atom is 0.259 e. The van der Waals surface area contributed by atoms with Crippen molar-refractivity contribution in [2.45, 2.75) is 26.2 Å². The minimum atomic E-state index is 0.0833. The number of benzene rings is 2. The standard InChI is InChI=1S/C18H18BrNO/c1-13-9-10-16(19)15(12-13)18(21)20-11-5-4-7-14-6-2-3-8-17(14)20/h2-3,6,8-10,12H,4-5,7,11H2,1H3. The van der Waals surface area contributed by atoms with Crippen molar-refractivity contribution in [2.24, 2.45) is 0 Å². The lowest BCUT2D eigenvalue weighted by molar-refractivity contribution is 0.0986. The Morgan fingerprint density at radius 3 is 2.81 bits per heavy atom. The van der Waals surface area contributed by atoms with Crippen LogP contribution in [0.4, 0.5) is 5.69 Å². The summed E-state index contributed by atoms with van der Waals surface area (Å²) in [5.41, 5.74) is 4.18. The third-order valence-electron chi connectivity index (χ3n) is 3.96. The molecule has 3 heteroatoms. The summed E-state index contributed by atoms with van der Waals surface area (Å²) in [5.74, 6) is 0.0833. The van der Waals surface area contributed by atoms with Gasteiger partial charge in [0.15, 0.2) is 0 Å². The number of para-hydroxylation sites is 1. The van der Waals surface area contributed by atoms with E-state index in [0.29, 0.717) is 0 Å². The zero-order valence-corrected chi connectivity index (χ0v) is 13.7. The van der Waals surface area contributed by atoms with Crippen molar-refractivity contribution < 1.29 is 4.79 Å². The number of nitrogens with zero attached hydrogens (tertiary/aromatic N) is 1. The lowest BCUT2D eigenvalue weighted by Crippen LogP contribution is -2.32. The summed E-state index contributed by atoms with van der Waals surface area (Å²) in [7, 11) is 0. The Bertz CT molecular complexity index is 681. The summed E-state index contributed by atoms with van der Waals surface area (Å²) in [6, 6.07) is 14.2. The number of aryl methyl sites for hydroxylation is 2. The summed E-state index contributed by atoms with van der Waals surface area (Å²) < 4.78 is 0.861. The fraction of sp³-hybridized carbons (Fsp3) is 0.278. The first kappa shape index (κ1) is 14.3. The molecule has 0 saturated carbocycles. The van der Waals surface area contributed by atoms with Gasteiger partial charge in [-0.25, -0.2) is 0 Å². The number of halogens is 1. The molecule has 0 spiro atoms. The second-order valence-corrected chi connectivity index (χ2v) is 6.38. The molecule has 2 aromatic rings. The zero-order valence-electron chi connectivity index (χ0n) is 12.1. The molecule has 0 bridgehead atoms. The van der Waals surface area contributed by atoms with Crippen molar-refractivity contribution in [3.8, 4) is 0 Å². The highest BCUT2D eigenvalue weighted by molar-refractivity contribution is 9.10. The molecule has 2 nitrogen and oxygen atoms in total. The molecule has 108 valence electrons. The number of carbonyl (C=O) groups excluding carboxylic acids is 1. The molecule has 3 rings (SSSR count). The van der Waals surface area contributed by atoms with Gasteiger partial charge in [-0.15, -0.1) is 0 Å². The largest absolute Gasteiger partial charge is 0.308 e. The molecule has 2 aromatic carbocycles. The van der Waals surface area contributed by atoms with Crippen LogP contribution in [-0.4, -0.2) is 12.5 Å². The lowest BCUT2D eigenvalue weighted by Gasteiger charge is -2.23. The van der Waals surface area contributed by atoms with Gasteiger partial charge >= 0.3 is 0 Å². The van der Waals surface area contributed by atoms with Crippen molar-refractivity contribution in [3.63, 3.8) is 0 Å². The molecular weight excluding hydrogens is 326 g/mol. The Hall–Kier alpha value is -1.61. The monoisotopic (exact) mass is 343 g/mol. The SMILES string of the molecule is Cc1ccc(Br)c(C(=O)N2CCCCc3ccccc32)c1. The molecule has 1 heterocycles. The zero-order chi connectivity index (χ0) is 14.8. The summed E-state index contributed by atoms with van der Waals surface area (Å²) in [6.07, 6.45) is 3.23. The van der Waals surface area contributed by atoms with E-state index in [4.69, 9.17) is 0 Å². The van der Waals surface area contributed by atoms with Gasteiger partial charge in [-0.2, -0.15) is 0 Å². The minimum Gasteiger partial charge on any atom is -0.308 e. The summed E-state index contributed by atoms with van der Waals surface area (Å²) in [5, 5.41) is 0. The topological polar surface area (TPSA) is 20.3 Å². The number of hydrogen-bond acceptors (Lipinski definition) is 1. The Balaban J connectivity index is 2.03. The van der Waals surface area contributed by atoms with Crippen LogP contribution < -0.4 is 4.90 Å². The minimum absolute atomic E-state index is 0.0833. The Morgan fingerprint density at radius 1 is 1.14 bits per heavy atom. The molecule has 1 amide bonds. The maximum absolute atomic E-state index is 13.0. The van der Waals surface area contributed by atoms with Gasteiger partial charge < -0.3 is 4.90 Å². The average Bonchev–Trinajstić information content (AvgIpc) is 2.71. The molecule has 0 radical (unpaired) electrons. The van der Waals surface area contributed by atoms with Crippen molar-refractivity contribution >= 4 is 27.5 Å². The van der Waals surface area contributed by atoms with Crippen LogP contribution in [0.1, 0.15) is 34.3 Å². The lowest BCUT2D eigenvalue weighted by atomic mass is 10.1. The Kier molecular flexibility index (Phi) is 4.11. The van der Waals surface area contributed by atoms with Crippen molar-refractivity contribution in [1.29, 1.82) is 0 Å². The first-order valence-corrected chi connectivity index (χ1v) is 8.12. The van der Waals surface area contributed by atoms with Gasteiger partial charge in [0.25, 0.3) is 5.91 Å². The number of amides is 1. The Labute approximate surface area is 133 Å². The molecule has 0 fully saturated rings. The molecule has 0 atom stereocenters. The number of fused-ring (bicyclic) bond motifs is 1. The van der Waals surface area contributed by atoms with Gasteiger partial charge in [-0.3, -0.25) is 4.79 Å². The van der Waals surface area contributed by atoms with Gasteiger partial charge in [0.1, 0.15) is 0 Å². The number of anilines is 1. The number of carbonyl (C=O) groups is 1. The second kappa shape index (κ2) is 6.02. The normalized spacial score (nSPS) is 14.5. The first-order chi connectivity index (χ1) is 10.2. The first-order valence-electron chi connectivity index (χ1n) is 7.33. The van der Waals surface area contributed by atoms with E-state index in [-0.39, 0.29) is 5.91 Å². The van der Waals surface area contributed by atoms with E-state index < -0.39 is 0 Å². The average molecular weight is 344 g/mol. The highest BCUT2D eigenvalue weighted by Crippen LogP contribution is 2.29. The van der Waals surface area contributed by atoms with E-state index in [1.807, 2.05) is 36.1 Å². The van der Waals surface area contributed by atoms with Gasteiger partial charge in [-0.1, -0.05) is 29.8 Å². The molecule has 0 aromatic heterocycles. The van der Waals surface area contributed by atoms with Crippen molar-refractivity contribution in [1.82, 2.24) is 0 Å². The fourth-order valence-corrected chi connectivity index (χ4v) is 3.27. The summed E-state index contributed by atoms with van der Waals surface area (Å²) in [6.45, 7) is 2.80. The van der Waals surface area contributed by atoms with E-state index in [0.717, 1.165) is 47.1 Å². The smallest absolute Gasteiger partial charge is 0.259 e. The fourth-order valence-electron chi connectivity index (χ4n) is 2.85. The maximum atomic E-state index is 13.0. The molecule has 1 aliphatic heterocycles. The van der Waals surface area contributed by atoms with Crippen LogP contribution in [0.3, 0.4) is 0 Å². The molecule has 0 unspecified atom stereocenters. The Morgan fingerprint density at radius 2 is 1.95 bits per heavy atom. The predicted octanol–water partition coefficient (Wildman–Crippen LogP) is 4.74. The molecule has 1 aliphatic rings. The van der Waals surface area contributed by atoms with Crippen LogP contribution in [0.15, 0.2) is 46.9 Å². The molecule has 0 aliphatic carbocycles. The highest BCUT2D eigenvalue weighted by atomic mass is 79.9. The van der Waals surface area contributed by atoms with Crippen LogP contribution >= 0.6 is 15.9 Å². The predicted molar refractivity (Wildman–Crippen MR) is 89.9 cm³/mol. The van der Waals surface area contributed by atoms with E-state index in [9.17, 15) is 4.79 Å². The number of rotatable bonds is 1.